The maximum Gasteiger partial charge on any atom is 0.222 e. The lowest BCUT2D eigenvalue weighted by Crippen LogP contribution is -2.29. The van der Waals surface area contributed by atoms with Gasteiger partial charge in [-0.3, -0.25) is 4.79 Å². The predicted molar refractivity (Wildman–Crippen MR) is 80.9 cm³/mol. The molecule has 112 valence electrons. The molecule has 1 unspecified atom stereocenters. The molecule has 0 aliphatic heterocycles. The van der Waals surface area contributed by atoms with Crippen LogP contribution in [-0.4, -0.2) is 26.9 Å². The third kappa shape index (κ3) is 4.43. The van der Waals surface area contributed by atoms with Crippen LogP contribution in [0.25, 0.3) is 5.69 Å². The Morgan fingerprint density at radius 1 is 1.38 bits per heavy atom. The van der Waals surface area contributed by atoms with E-state index >= 15 is 0 Å². The van der Waals surface area contributed by atoms with Gasteiger partial charge in [-0.05, 0) is 29.7 Å². The number of aliphatic hydroxyl groups is 1. The minimum atomic E-state index is -0.597. The Kier molecular flexibility index (Phi) is 5.11. The summed E-state index contributed by atoms with van der Waals surface area (Å²) in [5.74, 6) is -0.0559. The SMILES string of the molecule is CC(C)C(O)CC(=O)NCc1cccc(-n2cccn2)c1. The van der Waals surface area contributed by atoms with Crippen LogP contribution in [0.2, 0.25) is 0 Å². The highest BCUT2D eigenvalue weighted by Gasteiger charge is 2.13. The lowest BCUT2D eigenvalue weighted by Gasteiger charge is -2.14. The molecule has 0 radical (unpaired) electrons. The summed E-state index contributed by atoms with van der Waals surface area (Å²) in [6, 6.07) is 9.68. The normalized spacial score (nSPS) is 12.4. The molecule has 1 heterocycles. The molecule has 5 nitrogen and oxygen atoms in total. The molecule has 1 atom stereocenters. The van der Waals surface area contributed by atoms with Gasteiger partial charge in [0.1, 0.15) is 0 Å². The lowest BCUT2D eigenvalue weighted by molar-refractivity contribution is -0.123. The molecule has 1 aromatic carbocycles. The minimum absolute atomic E-state index is 0.0823. The number of carbonyl (C=O) groups is 1. The van der Waals surface area contributed by atoms with Gasteiger partial charge in [0.15, 0.2) is 0 Å². The summed E-state index contributed by atoms with van der Waals surface area (Å²) in [6.45, 7) is 4.23. The molecule has 0 saturated carbocycles. The van der Waals surface area contributed by atoms with Crippen molar-refractivity contribution in [1.82, 2.24) is 15.1 Å². The van der Waals surface area contributed by atoms with E-state index in [4.69, 9.17) is 0 Å². The van der Waals surface area contributed by atoms with Crippen molar-refractivity contribution in [3.8, 4) is 5.69 Å². The Labute approximate surface area is 124 Å². The molecule has 2 rings (SSSR count). The van der Waals surface area contributed by atoms with Gasteiger partial charge in [-0.2, -0.15) is 5.10 Å². The smallest absolute Gasteiger partial charge is 0.222 e. The van der Waals surface area contributed by atoms with Crippen LogP contribution in [0.3, 0.4) is 0 Å². The molecule has 0 saturated heterocycles. The van der Waals surface area contributed by atoms with Gasteiger partial charge in [0.2, 0.25) is 5.91 Å². The number of hydrogen-bond acceptors (Lipinski definition) is 3. The van der Waals surface area contributed by atoms with E-state index in [1.54, 1.807) is 10.9 Å². The van der Waals surface area contributed by atoms with Crippen molar-refractivity contribution in [2.45, 2.75) is 32.9 Å². The van der Waals surface area contributed by atoms with Gasteiger partial charge in [-0.1, -0.05) is 26.0 Å². The number of benzene rings is 1. The summed E-state index contributed by atoms with van der Waals surface area (Å²) in [7, 11) is 0. The Morgan fingerprint density at radius 3 is 2.86 bits per heavy atom. The van der Waals surface area contributed by atoms with Crippen LogP contribution in [0.5, 0.6) is 0 Å². The second-order valence-corrected chi connectivity index (χ2v) is 5.41. The molecule has 2 aromatic rings. The van der Waals surface area contributed by atoms with E-state index in [1.165, 1.54) is 0 Å². The Bertz CT molecular complexity index is 579. The van der Waals surface area contributed by atoms with Gasteiger partial charge in [0, 0.05) is 18.9 Å². The van der Waals surface area contributed by atoms with Crippen molar-refractivity contribution in [3.63, 3.8) is 0 Å². The third-order valence-electron chi connectivity index (χ3n) is 3.33. The number of nitrogens with one attached hydrogen (secondary N) is 1. The molecule has 2 N–H and O–H groups in total. The average molecular weight is 287 g/mol. The van der Waals surface area contributed by atoms with E-state index in [0.29, 0.717) is 6.54 Å². The number of rotatable bonds is 6. The summed E-state index contributed by atoms with van der Waals surface area (Å²) in [6.07, 6.45) is 3.13. The quantitative estimate of drug-likeness (QED) is 0.852. The minimum Gasteiger partial charge on any atom is -0.392 e. The van der Waals surface area contributed by atoms with Gasteiger partial charge in [-0.15, -0.1) is 0 Å². The second-order valence-electron chi connectivity index (χ2n) is 5.41. The Hall–Kier alpha value is -2.14. The van der Waals surface area contributed by atoms with Crippen LogP contribution in [-0.2, 0) is 11.3 Å². The van der Waals surface area contributed by atoms with Crippen molar-refractivity contribution in [2.24, 2.45) is 5.92 Å². The molecule has 0 bridgehead atoms. The molecule has 1 aromatic heterocycles. The summed E-state index contributed by atoms with van der Waals surface area (Å²) >= 11 is 0. The van der Waals surface area contributed by atoms with E-state index in [-0.39, 0.29) is 18.2 Å². The fraction of sp³-hybridized carbons (Fsp3) is 0.375. The topological polar surface area (TPSA) is 67.2 Å². The highest BCUT2D eigenvalue weighted by Crippen LogP contribution is 2.10. The van der Waals surface area contributed by atoms with E-state index < -0.39 is 6.10 Å². The van der Waals surface area contributed by atoms with Crippen molar-refractivity contribution >= 4 is 5.91 Å². The first-order chi connectivity index (χ1) is 10.1. The standard InChI is InChI=1S/C16H21N3O2/c1-12(2)15(20)10-16(21)17-11-13-5-3-6-14(9-13)19-8-4-7-18-19/h3-9,12,15,20H,10-11H2,1-2H3,(H,17,21). The van der Waals surface area contributed by atoms with Crippen LogP contribution < -0.4 is 5.32 Å². The van der Waals surface area contributed by atoms with Gasteiger partial charge >= 0.3 is 0 Å². The first-order valence-corrected chi connectivity index (χ1v) is 7.10. The first kappa shape index (κ1) is 15.3. The monoisotopic (exact) mass is 287 g/mol. The maximum absolute atomic E-state index is 11.8. The lowest BCUT2D eigenvalue weighted by atomic mass is 10.0. The Balaban J connectivity index is 1.92. The number of amides is 1. The summed E-state index contributed by atoms with van der Waals surface area (Å²) < 4.78 is 1.77. The maximum atomic E-state index is 11.8. The van der Waals surface area contributed by atoms with Crippen molar-refractivity contribution in [1.29, 1.82) is 0 Å². The van der Waals surface area contributed by atoms with Gasteiger partial charge in [0.05, 0.1) is 18.2 Å². The number of aromatic nitrogens is 2. The number of nitrogens with zero attached hydrogens (tertiary/aromatic N) is 2. The molecule has 5 heteroatoms. The second kappa shape index (κ2) is 7.04. The van der Waals surface area contributed by atoms with Crippen LogP contribution in [0, 0.1) is 5.92 Å². The largest absolute Gasteiger partial charge is 0.392 e. The van der Waals surface area contributed by atoms with Crippen molar-refractivity contribution in [2.75, 3.05) is 0 Å². The van der Waals surface area contributed by atoms with Crippen LogP contribution in [0.1, 0.15) is 25.8 Å². The molecule has 1 amide bonds. The van der Waals surface area contributed by atoms with Gasteiger partial charge in [0.25, 0.3) is 0 Å². The third-order valence-corrected chi connectivity index (χ3v) is 3.33. The fourth-order valence-corrected chi connectivity index (χ4v) is 1.93. The van der Waals surface area contributed by atoms with Crippen LogP contribution in [0.15, 0.2) is 42.7 Å². The first-order valence-electron chi connectivity index (χ1n) is 7.10. The zero-order chi connectivity index (χ0) is 15.2. The van der Waals surface area contributed by atoms with E-state index in [0.717, 1.165) is 11.3 Å². The highest BCUT2D eigenvalue weighted by molar-refractivity contribution is 5.76. The summed E-state index contributed by atoms with van der Waals surface area (Å²) in [4.78, 5) is 11.8. The van der Waals surface area contributed by atoms with Crippen LogP contribution in [0.4, 0.5) is 0 Å². The molecule has 0 spiro atoms. The average Bonchev–Trinajstić information content (AvgIpc) is 2.99. The predicted octanol–water partition coefficient (Wildman–Crippen LogP) is 1.90. The van der Waals surface area contributed by atoms with E-state index in [9.17, 15) is 9.90 Å². The zero-order valence-corrected chi connectivity index (χ0v) is 12.4. The molecule has 21 heavy (non-hydrogen) atoms. The molecular weight excluding hydrogens is 266 g/mol. The molecule has 0 aliphatic carbocycles. The number of carbonyl (C=O) groups excluding carboxylic acids is 1. The van der Waals surface area contributed by atoms with E-state index in [2.05, 4.69) is 10.4 Å². The van der Waals surface area contributed by atoms with Gasteiger partial charge < -0.3 is 10.4 Å². The van der Waals surface area contributed by atoms with Crippen molar-refractivity contribution < 1.29 is 9.90 Å². The molecule has 0 fully saturated rings. The van der Waals surface area contributed by atoms with Crippen LogP contribution >= 0.6 is 0 Å². The number of hydrogen-bond donors (Lipinski definition) is 2. The summed E-state index contributed by atoms with van der Waals surface area (Å²) in [5.41, 5.74) is 1.95. The van der Waals surface area contributed by atoms with Crippen molar-refractivity contribution in [3.05, 3.63) is 48.3 Å². The van der Waals surface area contributed by atoms with Gasteiger partial charge in [-0.25, -0.2) is 4.68 Å². The Morgan fingerprint density at radius 2 is 2.19 bits per heavy atom. The zero-order valence-electron chi connectivity index (χ0n) is 12.4. The summed E-state index contributed by atoms with van der Waals surface area (Å²) in [5, 5.41) is 16.7. The fourth-order valence-electron chi connectivity index (χ4n) is 1.93. The number of aliphatic hydroxyl groups excluding tert-OH is 1. The van der Waals surface area contributed by atoms with E-state index in [1.807, 2.05) is 50.4 Å². The highest BCUT2D eigenvalue weighted by atomic mass is 16.3. The molecule has 0 aliphatic rings. The molecular formula is C16H21N3O2.